The molecule has 0 radical (unpaired) electrons. The Morgan fingerprint density at radius 3 is 2.69 bits per heavy atom. The monoisotopic (exact) mass is 173 g/mol. The van der Waals surface area contributed by atoms with Crippen molar-refractivity contribution in [1.29, 1.82) is 0 Å². The van der Waals surface area contributed by atoms with E-state index in [1.807, 2.05) is 18.2 Å². The van der Waals surface area contributed by atoms with Crippen molar-refractivity contribution in [2.24, 2.45) is 5.92 Å². The highest BCUT2D eigenvalue weighted by Gasteiger charge is 2.41. The quantitative estimate of drug-likeness (QED) is 0.639. The Morgan fingerprint density at radius 2 is 1.92 bits per heavy atom. The standard InChI is InChI=1S/C11H11NO/c13-11-9-6-5-7(9)8-3-1-2-4-10(8)12-11/h1-4,7,9H,5-6H2,(H,12,13)/t7-,9?/m0/s1. The minimum atomic E-state index is 0.218. The Kier molecular flexibility index (Phi) is 1.29. The molecule has 13 heavy (non-hydrogen) atoms. The van der Waals surface area contributed by atoms with Crippen molar-refractivity contribution in [1.82, 2.24) is 0 Å². The van der Waals surface area contributed by atoms with Crippen LogP contribution in [-0.2, 0) is 4.79 Å². The molecule has 0 aromatic heterocycles. The van der Waals surface area contributed by atoms with Gasteiger partial charge in [-0.15, -0.1) is 0 Å². The van der Waals surface area contributed by atoms with Crippen molar-refractivity contribution in [3.63, 3.8) is 0 Å². The fourth-order valence-corrected chi connectivity index (χ4v) is 2.35. The van der Waals surface area contributed by atoms with Gasteiger partial charge in [0.15, 0.2) is 0 Å². The smallest absolute Gasteiger partial charge is 0.228 e. The third kappa shape index (κ3) is 0.857. The first-order valence-corrected chi connectivity index (χ1v) is 4.76. The summed E-state index contributed by atoms with van der Waals surface area (Å²) in [7, 11) is 0. The molecule has 1 aliphatic heterocycles. The fourth-order valence-electron chi connectivity index (χ4n) is 2.35. The zero-order chi connectivity index (χ0) is 8.84. The Morgan fingerprint density at radius 1 is 1.15 bits per heavy atom. The van der Waals surface area contributed by atoms with Crippen LogP contribution in [0.4, 0.5) is 5.69 Å². The predicted molar refractivity (Wildman–Crippen MR) is 50.5 cm³/mol. The lowest BCUT2D eigenvalue weighted by Gasteiger charge is -2.40. The maximum absolute atomic E-state index is 11.5. The van der Waals surface area contributed by atoms with Crippen LogP contribution in [0, 0.1) is 5.92 Å². The Bertz CT molecular complexity index is 372. The molecule has 1 aromatic carbocycles. The number of fused-ring (bicyclic) bond motifs is 3. The van der Waals surface area contributed by atoms with E-state index in [1.165, 1.54) is 12.0 Å². The molecule has 1 heterocycles. The lowest BCUT2D eigenvalue weighted by molar-refractivity contribution is -0.123. The summed E-state index contributed by atoms with van der Waals surface area (Å²) in [4.78, 5) is 11.5. The van der Waals surface area contributed by atoms with Crippen LogP contribution < -0.4 is 5.32 Å². The molecule has 1 unspecified atom stereocenters. The number of amides is 1. The molecule has 1 N–H and O–H groups in total. The maximum atomic E-state index is 11.5. The van der Waals surface area contributed by atoms with Gasteiger partial charge in [-0.3, -0.25) is 4.79 Å². The minimum Gasteiger partial charge on any atom is -0.326 e. The lowest BCUT2D eigenvalue weighted by atomic mass is 9.67. The molecule has 3 rings (SSSR count). The number of hydrogen-bond acceptors (Lipinski definition) is 1. The van der Waals surface area contributed by atoms with Gasteiger partial charge in [0.1, 0.15) is 0 Å². The molecule has 2 aliphatic rings. The molecule has 1 saturated carbocycles. The van der Waals surface area contributed by atoms with Gasteiger partial charge in [0.05, 0.1) is 0 Å². The molecule has 2 nitrogen and oxygen atoms in total. The zero-order valence-electron chi connectivity index (χ0n) is 7.29. The van der Waals surface area contributed by atoms with E-state index in [0.29, 0.717) is 5.92 Å². The van der Waals surface area contributed by atoms with Crippen molar-refractivity contribution >= 4 is 11.6 Å². The number of para-hydroxylation sites is 1. The van der Waals surface area contributed by atoms with Gasteiger partial charge >= 0.3 is 0 Å². The summed E-state index contributed by atoms with van der Waals surface area (Å²) < 4.78 is 0. The van der Waals surface area contributed by atoms with E-state index in [2.05, 4.69) is 11.4 Å². The van der Waals surface area contributed by atoms with Crippen molar-refractivity contribution in [2.75, 3.05) is 5.32 Å². The predicted octanol–water partition coefficient (Wildman–Crippen LogP) is 2.13. The molecular weight excluding hydrogens is 162 g/mol. The summed E-state index contributed by atoms with van der Waals surface area (Å²) in [5, 5.41) is 2.95. The molecule has 0 spiro atoms. The molecule has 2 heteroatoms. The normalized spacial score (nSPS) is 29.7. The highest BCUT2D eigenvalue weighted by Crippen LogP contribution is 2.48. The highest BCUT2D eigenvalue weighted by atomic mass is 16.2. The van der Waals surface area contributed by atoms with E-state index in [4.69, 9.17) is 0 Å². The van der Waals surface area contributed by atoms with Crippen molar-refractivity contribution in [3.05, 3.63) is 29.8 Å². The topological polar surface area (TPSA) is 29.1 Å². The Hall–Kier alpha value is -1.31. The maximum Gasteiger partial charge on any atom is 0.228 e. The second kappa shape index (κ2) is 2.34. The third-order valence-electron chi connectivity index (χ3n) is 3.23. The average Bonchev–Trinajstić information content (AvgIpc) is 2.04. The molecule has 2 atom stereocenters. The second-order valence-corrected chi connectivity index (χ2v) is 3.87. The van der Waals surface area contributed by atoms with Crippen LogP contribution in [0.15, 0.2) is 24.3 Å². The van der Waals surface area contributed by atoms with E-state index in [0.717, 1.165) is 12.1 Å². The third-order valence-corrected chi connectivity index (χ3v) is 3.23. The largest absolute Gasteiger partial charge is 0.326 e. The van der Waals surface area contributed by atoms with Gasteiger partial charge in [-0.1, -0.05) is 18.2 Å². The number of rotatable bonds is 0. The average molecular weight is 173 g/mol. The van der Waals surface area contributed by atoms with E-state index < -0.39 is 0 Å². The molecule has 1 aromatic rings. The van der Waals surface area contributed by atoms with Gasteiger partial charge < -0.3 is 5.32 Å². The molecule has 1 amide bonds. The van der Waals surface area contributed by atoms with Gasteiger partial charge in [0, 0.05) is 11.6 Å². The van der Waals surface area contributed by atoms with E-state index in [1.54, 1.807) is 0 Å². The Labute approximate surface area is 77.0 Å². The highest BCUT2D eigenvalue weighted by molar-refractivity contribution is 5.97. The second-order valence-electron chi connectivity index (χ2n) is 3.87. The lowest BCUT2D eigenvalue weighted by Crippen LogP contribution is -2.39. The first-order valence-electron chi connectivity index (χ1n) is 4.76. The number of carbonyl (C=O) groups is 1. The van der Waals surface area contributed by atoms with Gasteiger partial charge in [0.2, 0.25) is 5.91 Å². The summed E-state index contributed by atoms with van der Waals surface area (Å²) in [6.07, 6.45) is 2.24. The zero-order valence-corrected chi connectivity index (χ0v) is 7.29. The van der Waals surface area contributed by atoms with Gasteiger partial charge in [0.25, 0.3) is 0 Å². The number of carbonyl (C=O) groups excluding carboxylic acids is 1. The van der Waals surface area contributed by atoms with Crippen LogP contribution in [0.1, 0.15) is 24.3 Å². The van der Waals surface area contributed by atoms with Crippen LogP contribution >= 0.6 is 0 Å². The van der Waals surface area contributed by atoms with Crippen LogP contribution in [0.25, 0.3) is 0 Å². The summed E-state index contributed by atoms with van der Waals surface area (Å²) in [5.74, 6) is 0.981. The van der Waals surface area contributed by atoms with Crippen LogP contribution in [0.2, 0.25) is 0 Å². The molecular formula is C11H11NO. The van der Waals surface area contributed by atoms with Crippen LogP contribution in [0.5, 0.6) is 0 Å². The van der Waals surface area contributed by atoms with Gasteiger partial charge in [-0.05, 0) is 30.4 Å². The van der Waals surface area contributed by atoms with Crippen LogP contribution in [0.3, 0.4) is 0 Å². The van der Waals surface area contributed by atoms with E-state index in [-0.39, 0.29) is 11.8 Å². The van der Waals surface area contributed by atoms with E-state index in [9.17, 15) is 4.79 Å². The van der Waals surface area contributed by atoms with Crippen molar-refractivity contribution in [3.8, 4) is 0 Å². The first-order chi connectivity index (χ1) is 6.36. The summed E-state index contributed by atoms with van der Waals surface area (Å²) in [6.45, 7) is 0. The molecule has 1 fully saturated rings. The molecule has 0 saturated heterocycles. The van der Waals surface area contributed by atoms with Crippen molar-refractivity contribution in [2.45, 2.75) is 18.8 Å². The summed E-state index contributed by atoms with van der Waals surface area (Å²) in [6, 6.07) is 8.14. The van der Waals surface area contributed by atoms with E-state index >= 15 is 0 Å². The number of benzene rings is 1. The minimum absolute atomic E-state index is 0.218. The number of anilines is 1. The van der Waals surface area contributed by atoms with Crippen molar-refractivity contribution < 1.29 is 4.79 Å². The fraction of sp³-hybridized carbons (Fsp3) is 0.364. The number of hydrogen-bond donors (Lipinski definition) is 1. The van der Waals surface area contributed by atoms with Crippen LogP contribution in [-0.4, -0.2) is 5.91 Å². The van der Waals surface area contributed by atoms with Gasteiger partial charge in [-0.2, -0.15) is 0 Å². The molecule has 1 aliphatic carbocycles. The Balaban J connectivity index is 2.12. The first kappa shape index (κ1) is 7.13. The molecule has 0 bridgehead atoms. The summed E-state index contributed by atoms with van der Waals surface area (Å²) >= 11 is 0. The molecule has 66 valence electrons. The SMILES string of the molecule is O=C1Nc2ccccc2[C@@H]2CCC12. The number of nitrogens with one attached hydrogen (secondary N) is 1. The van der Waals surface area contributed by atoms with Gasteiger partial charge in [-0.25, -0.2) is 0 Å². The summed E-state index contributed by atoms with van der Waals surface area (Å²) in [5.41, 5.74) is 2.35.